The summed E-state index contributed by atoms with van der Waals surface area (Å²) >= 11 is 0. The van der Waals surface area contributed by atoms with E-state index in [0.717, 1.165) is 19.6 Å². The molecule has 2 rings (SSSR count). The lowest BCUT2D eigenvalue weighted by atomic mass is 9.85. The third-order valence-electron chi connectivity index (χ3n) is 5.02. The van der Waals surface area contributed by atoms with Crippen molar-refractivity contribution in [1.29, 1.82) is 0 Å². The van der Waals surface area contributed by atoms with Crippen molar-refractivity contribution < 1.29 is 9.53 Å². The van der Waals surface area contributed by atoms with Crippen LogP contribution >= 0.6 is 0 Å². The molecule has 2 fully saturated rings. The van der Waals surface area contributed by atoms with E-state index in [0.29, 0.717) is 12.0 Å². The third-order valence-corrected chi connectivity index (χ3v) is 5.02. The van der Waals surface area contributed by atoms with Gasteiger partial charge >= 0.3 is 0 Å². The predicted octanol–water partition coefficient (Wildman–Crippen LogP) is 1.64. The number of ether oxygens (including phenoxy) is 1. The third kappa shape index (κ3) is 2.78. The van der Waals surface area contributed by atoms with E-state index in [1.54, 1.807) is 0 Å². The molecule has 4 heteroatoms. The first-order valence-corrected chi connectivity index (χ1v) is 7.68. The molecular weight excluding hydrogens is 252 g/mol. The zero-order chi connectivity index (χ0) is 15.3. The van der Waals surface area contributed by atoms with Crippen LogP contribution in [-0.4, -0.2) is 66.6 Å². The summed E-state index contributed by atoms with van der Waals surface area (Å²) in [7, 11) is 4.28. The topological polar surface area (TPSA) is 32.8 Å². The van der Waals surface area contributed by atoms with Gasteiger partial charge < -0.3 is 14.5 Å². The maximum absolute atomic E-state index is 12.6. The van der Waals surface area contributed by atoms with Crippen LogP contribution in [0.25, 0.3) is 0 Å². The second-order valence-corrected chi connectivity index (χ2v) is 7.86. The molecule has 3 unspecified atom stereocenters. The fourth-order valence-electron chi connectivity index (χ4n) is 3.94. The van der Waals surface area contributed by atoms with Crippen LogP contribution in [0, 0.1) is 11.8 Å². The summed E-state index contributed by atoms with van der Waals surface area (Å²) in [5.74, 6) is 0.882. The molecule has 0 spiro atoms. The smallest absolute Gasteiger partial charge is 0.171 e. The summed E-state index contributed by atoms with van der Waals surface area (Å²) < 4.78 is 5.99. The summed E-state index contributed by atoms with van der Waals surface area (Å²) in [5.41, 5.74) is -1.000. The fourth-order valence-corrected chi connectivity index (χ4v) is 3.94. The molecule has 2 saturated heterocycles. The van der Waals surface area contributed by atoms with E-state index in [2.05, 4.69) is 30.8 Å². The zero-order valence-corrected chi connectivity index (χ0v) is 14.1. The van der Waals surface area contributed by atoms with E-state index in [4.69, 9.17) is 4.74 Å². The minimum absolute atomic E-state index is 0.0226. The lowest BCUT2D eigenvalue weighted by Crippen LogP contribution is -2.41. The van der Waals surface area contributed by atoms with E-state index in [-0.39, 0.29) is 17.3 Å². The molecule has 20 heavy (non-hydrogen) atoms. The van der Waals surface area contributed by atoms with E-state index in [1.807, 2.05) is 27.7 Å². The SMILES string of the molecule is CC1CN(CC2C(=O)C(C)(C)OC2(C)C)CC1N(C)C. The number of rotatable bonds is 3. The van der Waals surface area contributed by atoms with Gasteiger partial charge in [0, 0.05) is 25.7 Å². The van der Waals surface area contributed by atoms with Crippen LogP contribution in [0.3, 0.4) is 0 Å². The molecule has 0 aromatic rings. The Balaban J connectivity index is 2.06. The predicted molar refractivity (Wildman–Crippen MR) is 80.8 cm³/mol. The molecule has 0 amide bonds. The van der Waals surface area contributed by atoms with Crippen molar-refractivity contribution in [3.8, 4) is 0 Å². The number of Topliss-reactive ketones (excluding diaryl/α,β-unsaturated/α-hetero) is 1. The van der Waals surface area contributed by atoms with Gasteiger partial charge in [-0.05, 0) is 47.7 Å². The second-order valence-electron chi connectivity index (χ2n) is 7.86. The Labute approximate surface area is 123 Å². The van der Waals surface area contributed by atoms with E-state index in [9.17, 15) is 4.79 Å². The molecule has 2 aliphatic rings. The highest BCUT2D eigenvalue weighted by molar-refractivity contribution is 5.91. The average molecular weight is 282 g/mol. The van der Waals surface area contributed by atoms with Gasteiger partial charge in [0.1, 0.15) is 5.60 Å². The molecule has 0 saturated carbocycles. The van der Waals surface area contributed by atoms with Gasteiger partial charge in [-0.2, -0.15) is 0 Å². The van der Waals surface area contributed by atoms with Gasteiger partial charge in [-0.1, -0.05) is 6.92 Å². The molecular formula is C16H30N2O2. The lowest BCUT2D eigenvalue weighted by Gasteiger charge is -2.29. The summed E-state index contributed by atoms with van der Waals surface area (Å²) in [6.45, 7) is 13.1. The van der Waals surface area contributed by atoms with Crippen molar-refractivity contribution in [3.05, 3.63) is 0 Å². The molecule has 0 aromatic carbocycles. The summed E-state index contributed by atoms with van der Waals surface area (Å²) in [4.78, 5) is 17.3. The molecule has 0 radical (unpaired) electrons. The summed E-state index contributed by atoms with van der Waals surface area (Å²) in [5, 5.41) is 0. The lowest BCUT2D eigenvalue weighted by molar-refractivity contribution is -0.132. The first kappa shape index (κ1) is 15.9. The van der Waals surface area contributed by atoms with Crippen molar-refractivity contribution in [2.45, 2.75) is 51.9 Å². The van der Waals surface area contributed by atoms with Gasteiger partial charge in [0.25, 0.3) is 0 Å². The van der Waals surface area contributed by atoms with Crippen LogP contribution < -0.4 is 0 Å². The van der Waals surface area contributed by atoms with E-state index >= 15 is 0 Å². The number of carbonyl (C=O) groups is 1. The number of ketones is 1. The zero-order valence-electron chi connectivity index (χ0n) is 14.1. The van der Waals surface area contributed by atoms with Crippen molar-refractivity contribution in [1.82, 2.24) is 9.80 Å². The first-order valence-electron chi connectivity index (χ1n) is 7.68. The van der Waals surface area contributed by atoms with Gasteiger partial charge in [-0.15, -0.1) is 0 Å². The standard InChI is InChI=1S/C16H30N2O2/c1-11-8-18(10-13(11)17(6)7)9-12-14(19)16(4,5)20-15(12,2)3/h11-13H,8-10H2,1-7H3. The number of likely N-dealkylation sites (N-methyl/N-ethyl adjacent to an activating group) is 1. The molecule has 4 nitrogen and oxygen atoms in total. The molecule has 116 valence electrons. The summed E-state index contributed by atoms with van der Waals surface area (Å²) in [6.07, 6.45) is 0. The Bertz CT molecular complexity index is 390. The van der Waals surface area contributed by atoms with Crippen LogP contribution in [0.5, 0.6) is 0 Å². The van der Waals surface area contributed by atoms with Crippen LogP contribution in [0.1, 0.15) is 34.6 Å². The number of hydrogen-bond acceptors (Lipinski definition) is 4. The van der Waals surface area contributed by atoms with Crippen molar-refractivity contribution >= 4 is 5.78 Å². The van der Waals surface area contributed by atoms with Crippen LogP contribution in [0.15, 0.2) is 0 Å². The molecule has 0 aromatic heterocycles. The molecule has 0 bridgehead atoms. The molecule has 0 aliphatic carbocycles. The van der Waals surface area contributed by atoms with Gasteiger partial charge in [-0.3, -0.25) is 4.79 Å². The van der Waals surface area contributed by atoms with Gasteiger partial charge in [-0.25, -0.2) is 0 Å². The molecule has 2 heterocycles. The maximum atomic E-state index is 12.6. The Hall–Kier alpha value is -0.450. The molecule has 3 atom stereocenters. The normalized spacial score (nSPS) is 37.0. The number of likely N-dealkylation sites (tertiary alicyclic amines) is 1. The highest BCUT2D eigenvalue weighted by Gasteiger charge is 2.54. The quantitative estimate of drug-likeness (QED) is 0.788. The van der Waals surface area contributed by atoms with Crippen LogP contribution in [-0.2, 0) is 9.53 Å². The number of nitrogens with zero attached hydrogens (tertiary/aromatic N) is 2. The number of carbonyl (C=O) groups excluding carboxylic acids is 1. The second kappa shape index (κ2) is 5.08. The van der Waals surface area contributed by atoms with Crippen LogP contribution in [0.2, 0.25) is 0 Å². The van der Waals surface area contributed by atoms with Crippen LogP contribution in [0.4, 0.5) is 0 Å². The Morgan fingerprint density at radius 3 is 2.25 bits per heavy atom. The van der Waals surface area contributed by atoms with Gasteiger partial charge in [0.2, 0.25) is 0 Å². The highest BCUT2D eigenvalue weighted by atomic mass is 16.5. The Kier molecular flexibility index (Phi) is 4.04. The molecule has 2 aliphatic heterocycles. The van der Waals surface area contributed by atoms with Crippen molar-refractivity contribution in [2.24, 2.45) is 11.8 Å². The minimum Gasteiger partial charge on any atom is -0.361 e. The Morgan fingerprint density at radius 1 is 1.25 bits per heavy atom. The van der Waals surface area contributed by atoms with E-state index in [1.165, 1.54) is 0 Å². The van der Waals surface area contributed by atoms with Gasteiger partial charge in [0.05, 0.1) is 11.5 Å². The van der Waals surface area contributed by atoms with Crippen molar-refractivity contribution in [2.75, 3.05) is 33.7 Å². The minimum atomic E-state index is -0.638. The molecule has 0 N–H and O–H groups in total. The first-order chi connectivity index (χ1) is 9.04. The summed E-state index contributed by atoms with van der Waals surface area (Å²) in [6, 6.07) is 0.587. The van der Waals surface area contributed by atoms with Gasteiger partial charge in [0.15, 0.2) is 5.78 Å². The monoisotopic (exact) mass is 282 g/mol. The fraction of sp³-hybridized carbons (Fsp3) is 0.938. The maximum Gasteiger partial charge on any atom is 0.171 e. The average Bonchev–Trinajstić information content (AvgIpc) is 2.70. The Morgan fingerprint density at radius 2 is 1.85 bits per heavy atom. The van der Waals surface area contributed by atoms with Crippen molar-refractivity contribution in [3.63, 3.8) is 0 Å². The van der Waals surface area contributed by atoms with E-state index < -0.39 is 5.60 Å². The largest absolute Gasteiger partial charge is 0.361 e. The number of hydrogen-bond donors (Lipinski definition) is 0. The highest BCUT2D eigenvalue weighted by Crippen LogP contribution is 2.40.